The lowest BCUT2D eigenvalue weighted by Gasteiger charge is -2.07. The van der Waals surface area contributed by atoms with Crippen LogP contribution in [0.2, 0.25) is 0 Å². The predicted molar refractivity (Wildman–Crippen MR) is 71.7 cm³/mol. The molecule has 0 bridgehead atoms. The third-order valence-corrected chi connectivity index (χ3v) is 2.63. The van der Waals surface area contributed by atoms with E-state index in [-0.39, 0.29) is 6.42 Å². The number of aliphatic carboxylic acids is 1. The Morgan fingerprint density at radius 1 is 1.33 bits per heavy atom. The molecule has 18 heavy (non-hydrogen) atoms. The van der Waals surface area contributed by atoms with Crippen LogP contribution in [-0.4, -0.2) is 24.7 Å². The summed E-state index contributed by atoms with van der Waals surface area (Å²) in [7, 11) is 1.68. The minimum Gasteiger partial charge on any atom is -0.481 e. The maximum Gasteiger partial charge on any atom is 0.303 e. The van der Waals surface area contributed by atoms with Crippen LogP contribution >= 0.6 is 0 Å². The van der Waals surface area contributed by atoms with Crippen molar-refractivity contribution in [3.63, 3.8) is 0 Å². The van der Waals surface area contributed by atoms with Crippen molar-refractivity contribution in [1.82, 2.24) is 0 Å². The van der Waals surface area contributed by atoms with Gasteiger partial charge in [-0.1, -0.05) is 18.6 Å². The van der Waals surface area contributed by atoms with Gasteiger partial charge in [0.05, 0.1) is 6.61 Å². The second kappa shape index (κ2) is 8.53. The Labute approximate surface area is 108 Å². The summed E-state index contributed by atoms with van der Waals surface area (Å²) < 4.78 is 5.08. The Balaban J connectivity index is 2.18. The topological polar surface area (TPSA) is 58.6 Å². The highest BCUT2D eigenvalue weighted by Crippen LogP contribution is 2.11. The Morgan fingerprint density at radius 2 is 2.17 bits per heavy atom. The van der Waals surface area contributed by atoms with Gasteiger partial charge >= 0.3 is 5.97 Å². The summed E-state index contributed by atoms with van der Waals surface area (Å²) in [6.45, 7) is 1.49. The monoisotopic (exact) mass is 251 g/mol. The van der Waals surface area contributed by atoms with Crippen LogP contribution in [0, 0.1) is 0 Å². The Hall–Kier alpha value is -1.55. The van der Waals surface area contributed by atoms with Crippen LogP contribution in [0.15, 0.2) is 24.3 Å². The maximum atomic E-state index is 10.3. The standard InChI is InChI=1S/C14H21NO3/c1-18-11-12-6-5-7-13(10-12)15-9-4-2-3-8-14(16)17/h5-7,10,15H,2-4,8-9,11H2,1H3,(H,16,17). The van der Waals surface area contributed by atoms with Crippen molar-refractivity contribution in [2.24, 2.45) is 0 Å². The van der Waals surface area contributed by atoms with Crippen LogP contribution < -0.4 is 5.32 Å². The third-order valence-electron chi connectivity index (χ3n) is 2.63. The van der Waals surface area contributed by atoms with Crippen LogP contribution in [0.1, 0.15) is 31.2 Å². The van der Waals surface area contributed by atoms with Crippen molar-refractivity contribution in [2.75, 3.05) is 19.0 Å². The molecule has 1 rings (SSSR count). The number of hydrogen-bond acceptors (Lipinski definition) is 3. The molecule has 0 saturated heterocycles. The van der Waals surface area contributed by atoms with E-state index in [0.29, 0.717) is 6.61 Å². The smallest absolute Gasteiger partial charge is 0.303 e. The number of hydrogen-bond donors (Lipinski definition) is 2. The van der Waals surface area contributed by atoms with Crippen LogP contribution in [-0.2, 0) is 16.1 Å². The van der Waals surface area contributed by atoms with Crippen LogP contribution in [0.4, 0.5) is 5.69 Å². The minimum absolute atomic E-state index is 0.267. The molecule has 4 heteroatoms. The van der Waals surface area contributed by atoms with E-state index in [9.17, 15) is 4.79 Å². The predicted octanol–water partition coefficient (Wildman–Crippen LogP) is 2.89. The van der Waals surface area contributed by atoms with Crippen molar-refractivity contribution < 1.29 is 14.6 Å². The number of ether oxygens (including phenoxy) is 1. The molecular formula is C14H21NO3. The summed E-state index contributed by atoms with van der Waals surface area (Å²) in [5.41, 5.74) is 2.23. The fourth-order valence-corrected chi connectivity index (χ4v) is 1.75. The molecule has 0 heterocycles. The fraction of sp³-hybridized carbons (Fsp3) is 0.500. The van der Waals surface area contributed by atoms with E-state index >= 15 is 0 Å². The molecule has 0 saturated carbocycles. The van der Waals surface area contributed by atoms with Gasteiger partial charge in [-0.25, -0.2) is 0 Å². The fourth-order valence-electron chi connectivity index (χ4n) is 1.75. The van der Waals surface area contributed by atoms with Gasteiger partial charge in [-0.15, -0.1) is 0 Å². The summed E-state index contributed by atoms with van der Waals surface area (Å²) in [5, 5.41) is 11.8. The molecule has 0 aliphatic rings. The molecule has 0 aliphatic heterocycles. The molecule has 0 amide bonds. The number of carboxylic acids is 1. The molecule has 1 aromatic carbocycles. The normalized spacial score (nSPS) is 10.3. The molecule has 4 nitrogen and oxygen atoms in total. The van der Waals surface area contributed by atoms with Crippen molar-refractivity contribution in [3.05, 3.63) is 29.8 Å². The highest BCUT2D eigenvalue weighted by Gasteiger charge is 1.97. The first-order chi connectivity index (χ1) is 8.72. The number of benzene rings is 1. The SMILES string of the molecule is COCc1cccc(NCCCCCC(=O)O)c1. The van der Waals surface area contributed by atoms with Crippen LogP contribution in [0.5, 0.6) is 0 Å². The number of anilines is 1. The van der Waals surface area contributed by atoms with Crippen molar-refractivity contribution in [2.45, 2.75) is 32.3 Å². The summed E-state index contributed by atoms with van der Waals surface area (Å²) in [6.07, 6.45) is 2.95. The van der Waals surface area contributed by atoms with E-state index in [2.05, 4.69) is 11.4 Å². The van der Waals surface area contributed by atoms with Gasteiger partial charge in [-0.3, -0.25) is 4.79 Å². The number of carboxylic acid groups (broad SMARTS) is 1. The summed E-state index contributed by atoms with van der Waals surface area (Å²) in [5.74, 6) is -0.713. The second-order valence-corrected chi connectivity index (χ2v) is 4.26. The van der Waals surface area contributed by atoms with Crippen molar-refractivity contribution in [3.8, 4) is 0 Å². The van der Waals surface area contributed by atoms with Gasteiger partial charge in [-0.2, -0.15) is 0 Å². The number of carbonyl (C=O) groups is 1. The molecule has 100 valence electrons. The molecule has 0 radical (unpaired) electrons. The number of nitrogens with one attached hydrogen (secondary N) is 1. The molecule has 0 atom stereocenters. The van der Waals surface area contributed by atoms with E-state index in [0.717, 1.165) is 37.1 Å². The molecule has 0 spiro atoms. The van der Waals surface area contributed by atoms with Crippen molar-refractivity contribution in [1.29, 1.82) is 0 Å². The summed E-state index contributed by atoms with van der Waals surface area (Å²) >= 11 is 0. The molecule has 0 aromatic heterocycles. The third kappa shape index (κ3) is 6.25. The minimum atomic E-state index is -0.713. The van der Waals surface area contributed by atoms with E-state index in [1.54, 1.807) is 7.11 Å². The lowest BCUT2D eigenvalue weighted by atomic mass is 10.2. The lowest BCUT2D eigenvalue weighted by Crippen LogP contribution is -2.02. The Bertz CT molecular complexity index is 366. The zero-order valence-electron chi connectivity index (χ0n) is 10.8. The summed E-state index contributed by atoms with van der Waals surface area (Å²) in [4.78, 5) is 10.3. The lowest BCUT2D eigenvalue weighted by molar-refractivity contribution is -0.137. The zero-order chi connectivity index (χ0) is 13.2. The van der Waals surface area contributed by atoms with Gasteiger partial charge in [0.2, 0.25) is 0 Å². The van der Waals surface area contributed by atoms with Crippen LogP contribution in [0.25, 0.3) is 0 Å². The Kier molecular flexibility index (Phi) is 6.87. The van der Waals surface area contributed by atoms with Gasteiger partial charge in [0.25, 0.3) is 0 Å². The van der Waals surface area contributed by atoms with Gasteiger partial charge in [0.15, 0.2) is 0 Å². The summed E-state index contributed by atoms with van der Waals surface area (Å²) in [6, 6.07) is 8.12. The van der Waals surface area contributed by atoms with E-state index < -0.39 is 5.97 Å². The van der Waals surface area contributed by atoms with Gasteiger partial charge in [0.1, 0.15) is 0 Å². The highest BCUT2D eigenvalue weighted by molar-refractivity contribution is 5.66. The molecule has 2 N–H and O–H groups in total. The first-order valence-electron chi connectivity index (χ1n) is 6.26. The second-order valence-electron chi connectivity index (χ2n) is 4.26. The average Bonchev–Trinajstić information content (AvgIpc) is 2.34. The molecule has 0 aliphatic carbocycles. The highest BCUT2D eigenvalue weighted by atomic mass is 16.5. The first kappa shape index (κ1) is 14.5. The van der Waals surface area contributed by atoms with E-state index in [4.69, 9.17) is 9.84 Å². The first-order valence-corrected chi connectivity index (χ1v) is 6.26. The Morgan fingerprint density at radius 3 is 2.89 bits per heavy atom. The van der Waals surface area contributed by atoms with Gasteiger partial charge in [0, 0.05) is 25.8 Å². The molecular weight excluding hydrogens is 230 g/mol. The molecule has 1 aromatic rings. The number of unbranched alkanes of at least 4 members (excludes halogenated alkanes) is 2. The molecule has 0 unspecified atom stereocenters. The van der Waals surface area contributed by atoms with Gasteiger partial charge < -0.3 is 15.2 Å². The van der Waals surface area contributed by atoms with Gasteiger partial charge in [-0.05, 0) is 30.5 Å². The maximum absolute atomic E-state index is 10.3. The van der Waals surface area contributed by atoms with E-state index in [1.165, 1.54) is 0 Å². The number of rotatable bonds is 9. The van der Waals surface area contributed by atoms with E-state index in [1.807, 2.05) is 18.2 Å². The number of methoxy groups -OCH3 is 1. The molecule has 0 fully saturated rings. The quantitative estimate of drug-likeness (QED) is 0.662. The largest absolute Gasteiger partial charge is 0.481 e. The van der Waals surface area contributed by atoms with Crippen molar-refractivity contribution >= 4 is 11.7 Å². The average molecular weight is 251 g/mol. The zero-order valence-corrected chi connectivity index (χ0v) is 10.8. The van der Waals surface area contributed by atoms with Crippen LogP contribution in [0.3, 0.4) is 0 Å².